The second-order valence-corrected chi connectivity index (χ2v) is 4.87. The first-order valence-corrected chi connectivity index (χ1v) is 6.49. The zero-order valence-corrected chi connectivity index (χ0v) is 11.2. The van der Waals surface area contributed by atoms with E-state index in [1.165, 1.54) is 11.1 Å². The molecular formula is C14H22N4. The van der Waals surface area contributed by atoms with Crippen LogP contribution >= 0.6 is 0 Å². The van der Waals surface area contributed by atoms with E-state index in [1.54, 1.807) is 0 Å². The molecule has 0 radical (unpaired) electrons. The number of nitrogens with one attached hydrogen (secondary N) is 2. The van der Waals surface area contributed by atoms with Gasteiger partial charge in [0.25, 0.3) is 0 Å². The minimum atomic E-state index is 0.829. The first kappa shape index (κ1) is 12.9. The van der Waals surface area contributed by atoms with Crippen molar-refractivity contribution in [3.63, 3.8) is 0 Å². The Bertz CT molecular complexity index is 412. The predicted octanol–water partition coefficient (Wildman–Crippen LogP) is 1.19. The van der Waals surface area contributed by atoms with E-state index in [-0.39, 0.29) is 0 Å². The summed E-state index contributed by atoms with van der Waals surface area (Å²) in [6.45, 7) is 3.74. The fourth-order valence-corrected chi connectivity index (χ4v) is 2.05. The maximum absolute atomic E-state index is 4.42. The summed E-state index contributed by atoms with van der Waals surface area (Å²) in [4.78, 5) is 6.61. The number of hydrogen-bond acceptors (Lipinski definition) is 4. The number of hydrogen-bond donors (Lipinski definition) is 2. The Labute approximate surface area is 109 Å². The summed E-state index contributed by atoms with van der Waals surface area (Å²) >= 11 is 0. The molecule has 2 rings (SSSR count). The Hall–Kier alpha value is -1.55. The van der Waals surface area contributed by atoms with Gasteiger partial charge in [0.05, 0.1) is 0 Å². The van der Waals surface area contributed by atoms with E-state index in [4.69, 9.17) is 0 Å². The highest BCUT2D eigenvalue weighted by atomic mass is 15.2. The second-order valence-electron chi connectivity index (χ2n) is 4.87. The maximum atomic E-state index is 4.42. The molecule has 1 aromatic rings. The molecule has 0 atom stereocenters. The van der Waals surface area contributed by atoms with Crippen LogP contribution in [0.15, 0.2) is 29.3 Å². The molecule has 1 aromatic carbocycles. The lowest BCUT2D eigenvalue weighted by Crippen LogP contribution is -2.40. The molecule has 0 fully saturated rings. The highest BCUT2D eigenvalue weighted by molar-refractivity contribution is 5.80. The minimum absolute atomic E-state index is 0.829. The maximum Gasteiger partial charge on any atom is 0.191 e. The van der Waals surface area contributed by atoms with Gasteiger partial charge in [-0.2, -0.15) is 0 Å². The summed E-state index contributed by atoms with van der Waals surface area (Å²) in [5.41, 5.74) is 2.70. The van der Waals surface area contributed by atoms with Crippen molar-refractivity contribution in [3.8, 4) is 0 Å². The topological polar surface area (TPSA) is 39.7 Å². The fourth-order valence-electron chi connectivity index (χ4n) is 2.05. The van der Waals surface area contributed by atoms with Crippen LogP contribution in [-0.2, 0) is 13.1 Å². The van der Waals surface area contributed by atoms with Crippen LogP contribution in [0.1, 0.15) is 17.5 Å². The van der Waals surface area contributed by atoms with Gasteiger partial charge in [0.1, 0.15) is 0 Å². The third kappa shape index (κ3) is 3.74. The number of nitrogens with zero attached hydrogens (tertiary/aromatic N) is 2. The Balaban J connectivity index is 1.97. The van der Waals surface area contributed by atoms with Crippen molar-refractivity contribution in [2.75, 3.05) is 27.2 Å². The number of rotatable bonds is 4. The molecule has 1 heterocycles. The molecule has 4 heteroatoms. The molecule has 0 unspecified atom stereocenters. The molecule has 1 aliphatic heterocycles. The molecule has 0 saturated carbocycles. The van der Waals surface area contributed by atoms with Gasteiger partial charge in [-0.3, -0.25) is 4.99 Å². The van der Waals surface area contributed by atoms with Crippen molar-refractivity contribution < 1.29 is 0 Å². The summed E-state index contributed by atoms with van der Waals surface area (Å²) in [6, 6.07) is 8.55. The fraction of sp³-hybridized carbons (Fsp3) is 0.500. The first-order chi connectivity index (χ1) is 8.75. The molecule has 0 bridgehead atoms. The zero-order valence-electron chi connectivity index (χ0n) is 11.2. The van der Waals surface area contributed by atoms with Gasteiger partial charge in [-0.15, -0.1) is 0 Å². The molecule has 98 valence electrons. The number of aliphatic imine (C=N–C) groups is 1. The van der Waals surface area contributed by atoms with Crippen molar-refractivity contribution in [1.82, 2.24) is 15.5 Å². The monoisotopic (exact) mass is 246 g/mol. The quantitative estimate of drug-likeness (QED) is 0.838. The normalized spacial score (nSPS) is 15.2. The van der Waals surface area contributed by atoms with Crippen LogP contribution in [-0.4, -0.2) is 38.0 Å². The molecule has 18 heavy (non-hydrogen) atoms. The number of guanidine groups is 1. The summed E-state index contributed by atoms with van der Waals surface area (Å²) in [5, 5.41) is 6.65. The molecule has 0 spiro atoms. The molecule has 0 aromatic heterocycles. The van der Waals surface area contributed by atoms with Crippen LogP contribution < -0.4 is 10.6 Å². The summed E-state index contributed by atoms with van der Waals surface area (Å²) in [6.07, 6.45) is 1.13. The molecule has 0 saturated heterocycles. The van der Waals surface area contributed by atoms with E-state index >= 15 is 0 Å². The van der Waals surface area contributed by atoms with Crippen molar-refractivity contribution in [3.05, 3.63) is 35.4 Å². The Morgan fingerprint density at radius 2 is 2.06 bits per heavy atom. The summed E-state index contributed by atoms with van der Waals surface area (Å²) in [5.74, 6) is 0.931. The van der Waals surface area contributed by atoms with Gasteiger partial charge >= 0.3 is 0 Å². The van der Waals surface area contributed by atoms with Gasteiger partial charge in [0.2, 0.25) is 0 Å². The van der Waals surface area contributed by atoms with Crippen molar-refractivity contribution in [2.45, 2.75) is 19.5 Å². The van der Waals surface area contributed by atoms with E-state index in [9.17, 15) is 0 Å². The van der Waals surface area contributed by atoms with Gasteiger partial charge in [-0.1, -0.05) is 24.3 Å². The lowest BCUT2D eigenvalue weighted by Gasteiger charge is -2.18. The minimum Gasteiger partial charge on any atom is -0.356 e. The van der Waals surface area contributed by atoms with Gasteiger partial charge in [-0.25, -0.2) is 0 Å². The van der Waals surface area contributed by atoms with Crippen molar-refractivity contribution in [1.29, 1.82) is 0 Å². The van der Waals surface area contributed by atoms with Gasteiger partial charge in [-0.05, 0) is 31.6 Å². The highest BCUT2D eigenvalue weighted by Gasteiger charge is 2.06. The largest absolute Gasteiger partial charge is 0.356 e. The predicted molar refractivity (Wildman–Crippen MR) is 75.6 cm³/mol. The third-order valence-electron chi connectivity index (χ3n) is 2.95. The lowest BCUT2D eigenvalue weighted by atomic mass is 10.1. The third-order valence-corrected chi connectivity index (χ3v) is 2.95. The van der Waals surface area contributed by atoms with Crippen LogP contribution in [0, 0.1) is 0 Å². The van der Waals surface area contributed by atoms with Crippen LogP contribution in [0.2, 0.25) is 0 Å². The van der Waals surface area contributed by atoms with Crippen LogP contribution in [0.4, 0.5) is 0 Å². The Kier molecular flexibility index (Phi) is 4.59. The average molecular weight is 246 g/mol. The standard InChI is InChI=1S/C14H22N4/c1-18(2)11-13-7-4-3-6-12(13)10-17-14-15-8-5-9-16-14/h3-4,6-7H,5,8-11H2,1-2H3,(H2,15,16,17). The van der Waals surface area contributed by atoms with Crippen LogP contribution in [0.5, 0.6) is 0 Å². The SMILES string of the molecule is CN(C)Cc1ccccc1CNC1=NCCCN1. The zero-order chi connectivity index (χ0) is 12.8. The van der Waals surface area contributed by atoms with Gasteiger partial charge in [0.15, 0.2) is 5.96 Å². The second kappa shape index (κ2) is 6.40. The highest BCUT2D eigenvalue weighted by Crippen LogP contribution is 2.10. The van der Waals surface area contributed by atoms with Crippen molar-refractivity contribution >= 4 is 5.96 Å². The van der Waals surface area contributed by atoms with Gasteiger partial charge < -0.3 is 15.5 Å². The first-order valence-electron chi connectivity index (χ1n) is 6.49. The Morgan fingerprint density at radius 1 is 1.28 bits per heavy atom. The van der Waals surface area contributed by atoms with E-state index in [1.807, 2.05) is 0 Å². The molecule has 0 aliphatic carbocycles. The number of benzene rings is 1. The average Bonchev–Trinajstić information content (AvgIpc) is 2.38. The molecular weight excluding hydrogens is 224 g/mol. The molecule has 1 aliphatic rings. The molecule has 4 nitrogen and oxygen atoms in total. The molecule has 2 N–H and O–H groups in total. The van der Waals surface area contributed by atoms with Crippen LogP contribution in [0.3, 0.4) is 0 Å². The van der Waals surface area contributed by atoms with E-state index < -0.39 is 0 Å². The smallest absolute Gasteiger partial charge is 0.191 e. The summed E-state index contributed by atoms with van der Waals surface area (Å²) < 4.78 is 0. The summed E-state index contributed by atoms with van der Waals surface area (Å²) in [7, 11) is 4.19. The van der Waals surface area contributed by atoms with E-state index in [2.05, 4.69) is 58.9 Å². The van der Waals surface area contributed by atoms with E-state index in [0.717, 1.165) is 38.6 Å². The van der Waals surface area contributed by atoms with Crippen molar-refractivity contribution in [2.24, 2.45) is 4.99 Å². The van der Waals surface area contributed by atoms with Gasteiger partial charge in [0, 0.05) is 26.2 Å². The molecule has 0 amide bonds. The van der Waals surface area contributed by atoms with E-state index in [0.29, 0.717) is 0 Å². The lowest BCUT2D eigenvalue weighted by molar-refractivity contribution is 0.400. The van der Waals surface area contributed by atoms with Crippen LogP contribution in [0.25, 0.3) is 0 Å². The Morgan fingerprint density at radius 3 is 2.72 bits per heavy atom.